The van der Waals surface area contributed by atoms with Gasteiger partial charge in [-0.1, -0.05) is 25.0 Å². The molecule has 0 bridgehead atoms. The van der Waals surface area contributed by atoms with Crippen LogP contribution in [0.5, 0.6) is 5.75 Å². The molecule has 1 heterocycles. The molecule has 2 fully saturated rings. The maximum absolute atomic E-state index is 10.7. The summed E-state index contributed by atoms with van der Waals surface area (Å²) in [6.45, 7) is 3.53. The summed E-state index contributed by atoms with van der Waals surface area (Å²) in [5.74, 6) is 1.21. The highest BCUT2D eigenvalue weighted by Crippen LogP contribution is 2.39. The summed E-state index contributed by atoms with van der Waals surface area (Å²) < 4.78 is 5.77. The largest absolute Gasteiger partial charge is 0.490 e. The lowest BCUT2D eigenvalue weighted by Gasteiger charge is -2.47. The van der Waals surface area contributed by atoms with Crippen molar-refractivity contribution in [1.29, 1.82) is 0 Å². The fourth-order valence-corrected chi connectivity index (χ4v) is 3.74. The van der Waals surface area contributed by atoms with Gasteiger partial charge in [0.05, 0.1) is 11.3 Å². The zero-order chi connectivity index (χ0) is 14.7. The highest BCUT2D eigenvalue weighted by atomic mass is 16.5. The Morgan fingerprint density at radius 1 is 1.29 bits per heavy atom. The molecule has 0 aromatic heterocycles. The van der Waals surface area contributed by atoms with Crippen LogP contribution in [0.15, 0.2) is 24.3 Å². The van der Waals surface area contributed by atoms with Gasteiger partial charge in [-0.25, -0.2) is 0 Å². The predicted octanol–water partition coefficient (Wildman–Crippen LogP) is 2.27. The average molecular weight is 290 g/mol. The molecule has 1 aliphatic heterocycles. The molecule has 21 heavy (non-hydrogen) atoms. The summed E-state index contributed by atoms with van der Waals surface area (Å²) >= 11 is 0. The number of para-hydroxylation sites is 2. The number of benzene rings is 1. The van der Waals surface area contributed by atoms with Crippen molar-refractivity contribution in [2.24, 2.45) is 5.92 Å². The second-order valence-electron chi connectivity index (χ2n) is 6.48. The van der Waals surface area contributed by atoms with Crippen LogP contribution in [-0.2, 0) is 0 Å². The number of nitrogens with zero attached hydrogens (tertiary/aromatic N) is 1. The first-order valence-corrected chi connectivity index (χ1v) is 8.09. The van der Waals surface area contributed by atoms with Crippen LogP contribution in [0.3, 0.4) is 0 Å². The number of likely N-dealkylation sites (tertiary alicyclic amines) is 1. The Bertz CT molecular complexity index is 480. The smallest absolute Gasteiger partial charge is 0.142 e. The van der Waals surface area contributed by atoms with Gasteiger partial charge in [-0.2, -0.15) is 0 Å². The minimum Gasteiger partial charge on any atom is -0.490 e. The Kier molecular flexibility index (Phi) is 4.36. The molecule has 0 radical (unpaired) electrons. The number of anilines is 1. The summed E-state index contributed by atoms with van der Waals surface area (Å²) in [6.07, 6.45) is 5.51. The Labute approximate surface area is 126 Å². The van der Waals surface area contributed by atoms with E-state index in [0.717, 1.165) is 38.2 Å². The van der Waals surface area contributed by atoms with Gasteiger partial charge < -0.3 is 15.6 Å². The molecule has 2 aliphatic rings. The summed E-state index contributed by atoms with van der Waals surface area (Å²) in [4.78, 5) is 2.42. The number of nitrogen functional groups attached to an aromatic ring is 1. The molecule has 1 saturated heterocycles. The lowest BCUT2D eigenvalue weighted by atomic mass is 9.71. The predicted molar refractivity (Wildman–Crippen MR) is 84.3 cm³/mol. The molecule has 4 nitrogen and oxygen atoms in total. The zero-order valence-corrected chi connectivity index (χ0v) is 12.6. The van der Waals surface area contributed by atoms with Crippen LogP contribution in [0.4, 0.5) is 5.69 Å². The lowest BCUT2D eigenvalue weighted by Crippen LogP contribution is -2.53. The number of ether oxygens (including phenoxy) is 1. The van der Waals surface area contributed by atoms with Crippen molar-refractivity contribution in [3.05, 3.63) is 24.3 Å². The van der Waals surface area contributed by atoms with E-state index in [4.69, 9.17) is 10.5 Å². The van der Waals surface area contributed by atoms with Gasteiger partial charge in [-0.3, -0.25) is 4.90 Å². The van der Waals surface area contributed by atoms with Crippen LogP contribution in [0.25, 0.3) is 0 Å². The molecule has 0 amide bonds. The van der Waals surface area contributed by atoms with E-state index in [1.54, 1.807) is 0 Å². The minimum atomic E-state index is -0.389. The van der Waals surface area contributed by atoms with Crippen LogP contribution in [0.2, 0.25) is 0 Å². The van der Waals surface area contributed by atoms with E-state index in [1.165, 1.54) is 19.3 Å². The van der Waals surface area contributed by atoms with Crippen molar-refractivity contribution in [2.45, 2.75) is 37.7 Å². The third-order valence-electron chi connectivity index (χ3n) is 5.10. The highest BCUT2D eigenvalue weighted by molar-refractivity contribution is 5.51. The van der Waals surface area contributed by atoms with E-state index in [-0.39, 0.29) is 5.60 Å². The summed E-state index contributed by atoms with van der Waals surface area (Å²) in [7, 11) is 0. The number of hydrogen-bond acceptors (Lipinski definition) is 4. The van der Waals surface area contributed by atoms with Crippen molar-refractivity contribution in [1.82, 2.24) is 4.90 Å². The number of rotatable bonds is 4. The zero-order valence-electron chi connectivity index (χ0n) is 12.6. The van der Waals surface area contributed by atoms with Gasteiger partial charge in [0.15, 0.2) is 0 Å². The molecule has 1 aliphatic carbocycles. The third-order valence-corrected chi connectivity index (χ3v) is 5.10. The van der Waals surface area contributed by atoms with E-state index in [0.29, 0.717) is 18.2 Å². The minimum absolute atomic E-state index is 0.389. The molecule has 4 heteroatoms. The normalized spacial score (nSPS) is 29.9. The topological polar surface area (TPSA) is 58.7 Å². The Hall–Kier alpha value is -1.26. The van der Waals surface area contributed by atoms with Gasteiger partial charge in [-0.15, -0.1) is 0 Å². The van der Waals surface area contributed by atoms with E-state index in [1.807, 2.05) is 24.3 Å². The molecule has 0 spiro atoms. The highest BCUT2D eigenvalue weighted by Gasteiger charge is 2.42. The molecular weight excluding hydrogens is 264 g/mol. The van der Waals surface area contributed by atoms with Gasteiger partial charge in [0.1, 0.15) is 12.4 Å². The van der Waals surface area contributed by atoms with Crippen LogP contribution < -0.4 is 10.5 Å². The van der Waals surface area contributed by atoms with Gasteiger partial charge in [-0.05, 0) is 31.4 Å². The molecule has 2 unspecified atom stereocenters. The van der Waals surface area contributed by atoms with Gasteiger partial charge >= 0.3 is 0 Å². The van der Waals surface area contributed by atoms with Crippen molar-refractivity contribution in [3.63, 3.8) is 0 Å². The lowest BCUT2D eigenvalue weighted by molar-refractivity contribution is -0.0962. The Morgan fingerprint density at radius 2 is 2.14 bits per heavy atom. The average Bonchev–Trinajstić information content (AvgIpc) is 2.49. The van der Waals surface area contributed by atoms with Crippen molar-refractivity contribution in [2.75, 3.05) is 32.0 Å². The number of hydrogen-bond donors (Lipinski definition) is 2. The molecule has 3 rings (SSSR count). The Morgan fingerprint density at radius 3 is 3.00 bits per heavy atom. The number of piperidine rings is 1. The molecular formula is C17H26N2O2. The van der Waals surface area contributed by atoms with Crippen LogP contribution in [-0.4, -0.2) is 41.8 Å². The second kappa shape index (κ2) is 6.24. The van der Waals surface area contributed by atoms with Crippen LogP contribution in [0, 0.1) is 5.92 Å². The van der Waals surface area contributed by atoms with Crippen molar-refractivity contribution < 1.29 is 9.84 Å². The molecule has 1 aromatic rings. The molecule has 1 aromatic carbocycles. The molecule has 1 saturated carbocycles. The SMILES string of the molecule is Nc1ccccc1OCCN1CCC2(O)CCCCC2C1. The second-order valence-corrected chi connectivity index (χ2v) is 6.48. The van der Waals surface area contributed by atoms with E-state index in [2.05, 4.69) is 4.90 Å². The fraction of sp³-hybridized carbons (Fsp3) is 0.647. The third kappa shape index (κ3) is 3.33. The number of nitrogens with two attached hydrogens (primary N) is 1. The molecule has 3 N–H and O–H groups in total. The summed E-state index contributed by atoms with van der Waals surface area (Å²) in [5, 5.41) is 10.7. The van der Waals surface area contributed by atoms with E-state index >= 15 is 0 Å². The monoisotopic (exact) mass is 290 g/mol. The first-order valence-electron chi connectivity index (χ1n) is 8.09. The molecule has 2 atom stereocenters. The Balaban J connectivity index is 1.48. The number of fused-ring (bicyclic) bond motifs is 1. The van der Waals surface area contributed by atoms with Crippen LogP contribution >= 0.6 is 0 Å². The van der Waals surface area contributed by atoms with Gasteiger partial charge in [0.25, 0.3) is 0 Å². The van der Waals surface area contributed by atoms with Crippen LogP contribution in [0.1, 0.15) is 32.1 Å². The standard InChI is InChI=1S/C17H26N2O2/c18-15-6-1-2-7-16(15)21-12-11-19-10-9-17(20)8-4-3-5-14(17)13-19/h1-2,6-7,14,20H,3-5,8-13,18H2. The first-order chi connectivity index (χ1) is 10.2. The van der Waals surface area contributed by atoms with E-state index in [9.17, 15) is 5.11 Å². The fourth-order valence-electron chi connectivity index (χ4n) is 3.74. The quantitative estimate of drug-likeness (QED) is 0.835. The summed E-state index contributed by atoms with van der Waals surface area (Å²) in [6, 6.07) is 7.62. The van der Waals surface area contributed by atoms with Crippen molar-refractivity contribution >= 4 is 5.69 Å². The first kappa shape index (κ1) is 14.7. The van der Waals surface area contributed by atoms with Gasteiger partial charge in [0.2, 0.25) is 0 Å². The van der Waals surface area contributed by atoms with E-state index < -0.39 is 0 Å². The van der Waals surface area contributed by atoms with Crippen molar-refractivity contribution in [3.8, 4) is 5.75 Å². The number of aliphatic hydroxyl groups is 1. The maximum Gasteiger partial charge on any atom is 0.142 e. The molecule has 116 valence electrons. The maximum atomic E-state index is 10.7. The summed E-state index contributed by atoms with van der Waals surface area (Å²) in [5.41, 5.74) is 6.18. The van der Waals surface area contributed by atoms with Gasteiger partial charge in [0, 0.05) is 25.6 Å².